The number of fused-ring (bicyclic) bond motifs is 1. The first kappa shape index (κ1) is 13.8. The Morgan fingerprint density at radius 2 is 1.95 bits per heavy atom. The van der Waals surface area contributed by atoms with Crippen LogP contribution in [0.5, 0.6) is 0 Å². The van der Waals surface area contributed by atoms with Crippen LogP contribution in [0.1, 0.15) is 36.4 Å². The molecular formula is C17H17FN2O. The number of hydrogen-bond donors (Lipinski definition) is 1. The molecule has 0 saturated heterocycles. The highest BCUT2D eigenvalue weighted by Gasteiger charge is 2.18. The number of aliphatic hydroxyl groups excluding tert-OH is 1. The van der Waals surface area contributed by atoms with Gasteiger partial charge >= 0.3 is 0 Å². The first-order valence-electron chi connectivity index (χ1n) is 7.07. The molecule has 0 spiro atoms. The second-order valence-corrected chi connectivity index (χ2v) is 5.10. The largest absolute Gasteiger partial charge is 0.387 e. The fourth-order valence-corrected chi connectivity index (χ4v) is 2.54. The zero-order valence-electron chi connectivity index (χ0n) is 11.8. The van der Waals surface area contributed by atoms with E-state index in [1.54, 1.807) is 12.1 Å². The SMILES string of the molecule is CCC(O)c1c(Cc2ccc(F)cc2)nc2ccccn12. The average Bonchev–Trinajstić information content (AvgIpc) is 2.86. The van der Waals surface area contributed by atoms with E-state index in [1.165, 1.54) is 12.1 Å². The molecular weight excluding hydrogens is 267 g/mol. The van der Waals surface area contributed by atoms with Crippen LogP contribution in [-0.4, -0.2) is 14.5 Å². The van der Waals surface area contributed by atoms with Gasteiger partial charge in [0.1, 0.15) is 11.5 Å². The number of nitrogens with zero attached hydrogens (tertiary/aromatic N) is 2. The Balaban J connectivity index is 2.06. The summed E-state index contributed by atoms with van der Waals surface area (Å²) >= 11 is 0. The molecule has 3 aromatic rings. The molecule has 1 aromatic carbocycles. The van der Waals surface area contributed by atoms with Gasteiger partial charge in [0.15, 0.2) is 0 Å². The van der Waals surface area contributed by atoms with Crippen molar-refractivity contribution in [3.05, 3.63) is 71.4 Å². The zero-order chi connectivity index (χ0) is 14.8. The van der Waals surface area contributed by atoms with Gasteiger partial charge in [-0.25, -0.2) is 9.37 Å². The predicted molar refractivity (Wildman–Crippen MR) is 79.6 cm³/mol. The smallest absolute Gasteiger partial charge is 0.137 e. The minimum absolute atomic E-state index is 0.248. The number of pyridine rings is 1. The molecule has 3 nitrogen and oxygen atoms in total. The summed E-state index contributed by atoms with van der Waals surface area (Å²) in [5.74, 6) is -0.248. The molecule has 108 valence electrons. The van der Waals surface area contributed by atoms with Crippen LogP contribution >= 0.6 is 0 Å². The molecule has 0 fully saturated rings. The highest BCUT2D eigenvalue weighted by molar-refractivity contribution is 5.45. The summed E-state index contributed by atoms with van der Waals surface area (Å²) in [6.45, 7) is 1.94. The monoisotopic (exact) mass is 284 g/mol. The van der Waals surface area contributed by atoms with Crippen LogP contribution in [-0.2, 0) is 6.42 Å². The molecule has 1 N–H and O–H groups in total. The van der Waals surface area contributed by atoms with Crippen molar-refractivity contribution in [2.75, 3.05) is 0 Å². The second kappa shape index (κ2) is 5.66. The van der Waals surface area contributed by atoms with Crippen molar-refractivity contribution in [2.45, 2.75) is 25.9 Å². The normalized spacial score (nSPS) is 12.7. The molecule has 0 amide bonds. The quantitative estimate of drug-likeness (QED) is 0.796. The lowest BCUT2D eigenvalue weighted by Crippen LogP contribution is -2.04. The third-order valence-electron chi connectivity index (χ3n) is 3.63. The Kier molecular flexibility index (Phi) is 3.71. The predicted octanol–water partition coefficient (Wildman–Crippen LogP) is 3.51. The van der Waals surface area contributed by atoms with E-state index in [2.05, 4.69) is 4.98 Å². The first-order chi connectivity index (χ1) is 10.2. The van der Waals surface area contributed by atoms with Crippen LogP contribution in [0.15, 0.2) is 48.7 Å². The molecule has 21 heavy (non-hydrogen) atoms. The van der Waals surface area contributed by atoms with Gasteiger partial charge in [-0.15, -0.1) is 0 Å². The molecule has 0 radical (unpaired) electrons. The Morgan fingerprint density at radius 3 is 2.67 bits per heavy atom. The fraction of sp³-hybridized carbons (Fsp3) is 0.235. The van der Waals surface area contributed by atoms with Crippen LogP contribution in [0.4, 0.5) is 4.39 Å². The van der Waals surface area contributed by atoms with E-state index in [9.17, 15) is 9.50 Å². The maximum atomic E-state index is 13.0. The zero-order valence-corrected chi connectivity index (χ0v) is 11.8. The first-order valence-corrected chi connectivity index (χ1v) is 7.07. The molecule has 2 heterocycles. The second-order valence-electron chi connectivity index (χ2n) is 5.10. The highest BCUT2D eigenvalue weighted by Crippen LogP contribution is 2.24. The number of benzene rings is 1. The molecule has 2 aromatic heterocycles. The number of rotatable bonds is 4. The van der Waals surface area contributed by atoms with E-state index >= 15 is 0 Å². The molecule has 4 heteroatoms. The summed E-state index contributed by atoms with van der Waals surface area (Å²) < 4.78 is 14.9. The molecule has 3 rings (SSSR count). The molecule has 0 bridgehead atoms. The number of hydrogen-bond acceptors (Lipinski definition) is 2. The Morgan fingerprint density at radius 1 is 1.19 bits per heavy atom. The highest BCUT2D eigenvalue weighted by atomic mass is 19.1. The van der Waals surface area contributed by atoms with Gasteiger partial charge < -0.3 is 9.51 Å². The average molecular weight is 284 g/mol. The summed E-state index contributed by atoms with van der Waals surface area (Å²) in [7, 11) is 0. The van der Waals surface area contributed by atoms with E-state index in [0.717, 1.165) is 22.6 Å². The molecule has 0 aliphatic carbocycles. The van der Waals surface area contributed by atoms with Crippen LogP contribution in [0.3, 0.4) is 0 Å². The van der Waals surface area contributed by atoms with Crippen molar-refractivity contribution in [1.82, 2.24) is 9.38 Å². The maximum Gasteiger partial charge on any atom is 0.137 e. The molecule has 1 unspecified atom stereocenters. The number of aromatic nitrogens is 2. The standard InChI is InChI=1S/C17H17FN2O/c1-2-15(21)17-14(11-12-6-8-13(18)9-7-12)19-16-5-3-4-10-20(16)17/h3-10,15,21H,2,11H2,1H3. The topological polar surface area (TPSA) is 37.5 Å². The third-order valence-corrected chi connectivity index (χ3v) is 3.63. The van der Waals surface area contributed by atoms with Gasteiger partial charge in [-0.1, -0.05) is 25.1 Å². The maximum absolute atomic E-state index is 13.0. The van der Waals surface area contributed by atoms with Crippen molar-refractivity contribution >= 4 is 5.65 Å². The van der Waals surface area contributed by atoms with E-state index in [1.807, 2.05) is 35.7 Å². The van der Waals surface area contributed by atoms with E-state index in [0.29, 0.717) is 12.8 Å². The number of halogens is 1. The minimum Gasteiger partial charge on any atom is -0.387 e. The Hall–Kier alpha value is -2.20. The fourth-order valence-electron chi connectivity index (χ4n) is 2.54. The summed E-state index contributed by atoms with van der Waals surface area (Å²) in [5, 5.41) is 10.3. The van der Waals surface area contributed by atoms with E-state index < -0.39 is 6.10 Å². The molecule has 0 aliphatic heterocycles. The van der Waals surface area contributed by atoms with Gasteiger partial charge in [-0.05, 0) is 36.2 Å². The lowest BCUT2D eigenvalue weighted by molar-refractivity contribution is 0.167. The lowest BCUT2D eigenvalue weighted by atomic mass is 10.1. The third kappa shape index (κ3) is 2.67. The van der Waals surface area contributed by atoms with E-state index in [4.69, 9.17) is 0 Å². The summed E-state index contributed by atoms with van der Waals surface area (Å²) in [6, 6.07) is 12.2. The van der Waals surface area contributed by atoms with Crippen LogP contribution in [0, 0.1) is 5.82 Å². The summed E-state index contributed by atoms with van der Waals surface area (Å²) in [6.07, 6.45) is 2.55. The lowest BCUT2D eigenvalue weighted by Gasteiger charge is -2.10. The summed E-state index contributed by atoms with van der Waals surface area (Å²) in [4.78, 5) is 4.61. The molecule has 1 atom stereocenters. The van der Waals surface area contributed by atoms with Crippen molar-refractivity contribution < 1.29 is 9.50 Å². The Labute approximate surface area is 122 Å². The minimum atomic E-state index is -0.558. The summed E-state index contributed by atoms with van der Waals surface area (Å²) in [5.41, 5.74) is 3.45. The van der Waals surface area contributed by atoms with Crippen LogP contribution in [0.25, 0.3) is 5.65 Å². The van der Waals surface area contributed by atoms with E-state index in [-0.39, 0.29) is 5.82 Å². The number of imidazole rings is 1. The van der Waals surface area contributed by atoms with Gasteiger partial charge in [0.25, 0.3) is 0 Å². The number of aliphatic hydroxyl groups is 1. The van der Waals surface area contributed by atoms with Gasteiger partial charge in [0.2, 0.25) is 0 Å². The van der Waals surface area contributed by atoms with Gasteiger partial charge in [-0.3, -0.25) is 0 Å². The molecule has 0 saturated carbocycles. The molecule has 0 aliphatic rings. The van der Waals surface area contributed by atoms with Gasteiger partial charge in [0, 0.05) is 12.6 Å². The Bertz CT molecular complexity index is 749. The van der Waals surface area contributed by atoms with Gasteiger partial charge in [0.05, 0.1) is 17.5 Å². The van der Waals surface area contributed by atoms with Crippen LogP contribution < -0.4 is 0 Å². The van der Waals surface area contributed by atoms with Crippen molar-refractivity contribution in [3.63, 3.8) is 0 Å². The van der Waals surface area contributed by atoms with Crippen LogP contribution in [0.2, 0.25) is 0 Å². The van der Waals surface area contributed by atoms with Crippen molar-refractivity contribution in [2.24, 2.45) is 0 Å². The van der Waals surface area contributed by atoms with Gasteiger partial charge in [-0.2, -0.15) is 0 Å². The van der Waals surface area contributed by atoms with Crippen molar-refractivity contribution in [3.8, 4) is 0 Å². The van der Waals surface area contributed by atoms with Crippen molar-refractivity contribution in [1.29, 1.82) is 0 Å².